The van der Waals surface area contributed by atoms with Crippen LogP contribution < -0.4 is 35.2 Å². The van der Waals surface area contributed by atoms with E-state index in [1.54, 1.807) is 48.5 Å². The Morgan fingerprint density at radius 2 is 0.722 bits per heavy atom. The molecule has 2 amide bonds. The van der Waals surface area contributed by atoms with Crippen LogP contribution in [0.5, 0.6) is 34.5 Å². The number of nitrogens with two attached hydrogens (primary N) is 2. The zero-order valence-electron chi connectivity index (χ0n) is 54.4. The van der Waals surface area contributed by atoms with Crippen molar-refractivity contribution in [3.8, 4) is 80.0 Å². The van der Waals surface area contributed by atoms with E-state index >= 15 is 0 Å². The molecule has 0 aliphatic heterocycles. The number of alkyl halides is 1. The summed E-state index contributed by atoms with van der Waals surface area (Å²) in [5.74, 6) is -4.02. The number of carbonyl (C=O) groups excluding carboxylic acids is 2. The number of hydrogen-bond acceptors (Lipinski definition) is 21. The Balaban J connectivity index is 0.000000180. The number of aromatic hydroxyl groups is 1. The van der Waals surface area contributed by atoms with E-state index in [0.29, 0.717) is 106 Å². The fraction of sp³-hybridized carbons (Fsp3) is 0.111. The minimum absolute atomic E-state index is 0. The van der Waals surface area contributed by atoms with Gasteiger partial charge in [-0.05, 0) is 160 Å². The number of primary amides is 2. The molecule has 4 heterocycles. The molecule has 6 N–H and O–H groups in total. The van der Waals surface area contributed by atoms with E-state index in [0.717, 1.165) is 80.2 Å². The predicted octanol–water partition coefficient (Wildman–Crippen LogP) is 21.5. The number of rotatable bonds is 23. The van der Waals surface area contributed by atoms with Crippen LogP contribution >= 0.6 is 168 Å². The Labute approximate surface area is 698 Å². The first-order valence-corrected chi connectivity index (χ1v) is 49.7. The van der Waals surface area contributed by atoms with Crippen molar-refractivity contribution in [2.75, 3.05) is 0 Å². The van der Waals surface area contributed by atoms with Gasteiger partial charge in [0.1, 0.15) is 88.8 Å². The third-order valence-corrected chi connectivity index (χ3v) is 18.5. The van der Waals surface area contributed by atoms with Gasteiger partial charge in [0.25, 0.3) is 11.8 Å². The molecule has 0 saturated carbocycles. The molecule has 560 valence electrons. The van der Waals surface area contributed by atoms with Crippen molar-refractivity contribution in [3.63, 3.8) is 0 Å². The number of ether oxygens (including phenoxy) is 5. The summed E-state index contributed by atoms with van der Waals surface area (Å²) in [6.07, 6.45) is 0. The molecule has 19 nitrogen and oxygen atoms in total. The Bertz CT molecular complexity index is 5010. The van der Waals surface area contributed by atoms with Crippen LogP contribution in [0.3, 0.4) is 0 Å². The first-order chi connectivity index (χ1) is 51.5. The van der Waals surface area contributed by atoms with E-state index in [9.17, 15) is 32.3 Å². The fourth-order valence-electron chi connectivity index (χ4n) is 9.01. The topological polar surface area (TPSA) is 276 Å². The molecule has 0 spiro atoms. The van der Waals surface area contributed by atoms with Crippen molar-refractivity contribution in [1.82, 2.24) is 37.4 Å². The van der Waals surface area contributed by atoms with E-state index in [4.69, 9.17) is 86.7 Å². The molecule has 0 aliphatic carbocycles. The zero-order chi connectivity index (χ0) is 76.5. The third kappa shape index (κ3) is 25.8. The van der Waals surface area contributed by atoms with Crippen molar-refractivity contribution in [3.05, 3.63) is 279 Å². The van der Waals surface area contributed by atoms with Crippen LogP contribution in [0.15, 0.2) is 188 Å². The molecular formula is C72H55BrCl4F4I3N10O9S4V. The van der Waals surface area contributed by atoms with Crippen molar-refractivity contribution in [2.45, 2.75) is 52.4 Å². The molecule has 13 rings (SSSR count). The van der Waals surface area contributed by atoms with Crippen molar-refractivity contribution in [1.29, 1.82) is 0 Å². The summed E-state index contributed by atoms with van der Waals surface area (Å²) in [4.78, 5) is 39.5. The summed E-state index contributed by atoms with van der Waals surface area (Å²) in [5.41, 5.74) is 14.0. The zero-order valence-corrected chi connectivity index (χ0v) is 70.2. The molecule has 0 radical (unpaired) electrons. The standard InChI is InChI=1S/C23H16ClF2N3O3S.C16H12BrClN2OS.C16H10ClF2N3O3S.C16H13ClN2O2S.CH4.3HI.V/c24-14-6-7-15(18(10-14)31-11-13-4-2-1-3-5-13)23-28-19(33-29-23)12-32-17-9-8-16(25)20(21(17)26)22(27)30;17-9-15-19-16(20-22-15)13-7-6-12(18)8-14(13)21-10-11-4-2-1-3-5-11;17-7-1-2-8(10(23)5-7)16-21-12(26-22-16)6-25-11-4-3-9(18)13(14(11)19)15(20)24;17-12-6-7-13(16-18-15(9-20)22-19-16)14(8-12)21-10-11-4-2-1-3-5-11;;;;;/h1-10H,11-12H2,(H2,27,30);1-8H,9-10H2;1-5,23H,6H2,(H2,20,24);1-8,20H,9-10H2;1H4;3*1H;/q;;;;;;;;+3/p-3. The molecular weight excluding hydrogens is 2010 g/mol. The van der Waals surface area contributed by atoms with Crippen LogP contribution in [0.25, 0.3) is 45.6 Å². The van der Waals surface area contributed by atoms with Crippen molar-refractivity contribution >= 4 is 180 Å². The first-order valence-electron chi connectivity index (χ1n) is 30.5. The molecule has 0 bridgehead atoms. The van der Waals surface area contributed by atoms with E-state index in [1.165, 1.54) is 29.1 Å². The maximum atomic E-state index is 14.3. The van der Waals surface area contributed by atoms with Gasteiger partial charge in [0.2, 0.25) is 0 Å². The van der Waals surface area contributed by atoms with Gasteiger partial charge in [-0.1, -0.05) is 161 Å². The summed E-state index contributed by atoms with van der Waals surface area (Å²) in [6, 6.07) is 53.9. The summed E-state index contributed by atoms with van der Waals surface area (Å²) in [7, 11) is 0. The molecule has 13 aromatic rings. The number of aliphatic hydroxyl groups is 1. The van der Waals surface area contributed by atoms with E-state index in [-0.39, 0.29) is 55.2 Å². The van der Waals surface area contributed by atoms with Gasteiger partial charge in [-0.15, -0.1) is 0 Å². The molecule has 0 fully saturated rings. The average molecular weight is 2060 g/mol. The van der Waals surface area contributed by atoms with Gasteiger partial charge < -0.3 is 45.4 Å². The summed E-state index contributed by atoms with van der Waals surface area (Å²) >= 11 is 39.4. The molecule has 9 aromatic carbocycles. The Hall–Kier alpha value is -6.95. The van der Waals surface area contributed by atoms with Crippen molar-refractivity contribution in [2.24, 2.45) is 11.5 Å². The number of phenols is 1. The number of carbonyl (C=O) groups is 2. The number of amides is 2. The van der Waals surface area contributed by atoms with E-state index in [1.807, 2.05) is 109 Å². The second-order valence-electron chi connectivity index (χ2n) is 21.2. The van der Waals surface area contributed by atoms with Crippen LogP contribution in [0.1, 0.15) is 64.9 Å². The molecule has 0 saturated heterocycles. The molecule has 0 atom stereocenters. The summed E-state index contributed by atoms with van der Waals surface area (Å²) in [5, 5.41) is 24.1. The number of benzene rings is 9. The number of nitrogens with zero attached hydrogens (tertiary/aromatic N) is 8. The maximum absolute atomic E-state index is 14.3. The Morgan fingerprint density at radius 1 is 0.426 bits per heavy atom. The normalized spacial score (nSPS) is 10.5. The Morgan fingerprint density at radius 3 is 1.04 bits per heavy atom. The van der Waals surface area contributed by atoms with Crippen LogP contribution in [-0.2, 0) is 49.9 Å². The van der Waals surface area contributed by atoms with Gasteiger partial charge in [-0.25, -0.2) is 37.5 Å². The number of phenolic OH excluding ortho intramolecular Hbond substituents is 1. The molecule has 0 aliphatic rings. The van der Waals surface area contributed by atoms with Gasteiger partial charge in [0, 0.05) is 20.1 Å². The Kier molecular flexibility index (Phi) is 35.0. The van der Waals surface area contributed by atoms with Crippen LogP contribution in [0, 0.1) is 23.3 Å². The van der Waals surface area contributed by atoms with Crippen LogP contribution in [-0.4, -0.2) is 59.5 Å². The van der Waals surface area contributed by atoms with E-state index < -0.39 is 46.2 Å². The van der Waals surface area contributed by atoms with Crippen molar-refractivity contribution < 1.29 is 66.0 Å². The SMILES string of the molecule is C.Clc1ccc(-c2nsc(CBr)n2)c(OCc2ccccc2)c1.NC(=O)c1c(F)ccc(OCc2nc(-c3ccc(Cl)cc3O)ns2)c1F.NC(=O)c1c(F)ccc(OCc2nc(-c3ccc(Cl)cc3OCc3ccccc3)ns2)c1F.OCc1nc(-c2ccc(Cl)cc2OCc2ccccc2)ns1.[I][V]([I])[I]. The molecule has 36 heteroatoms. The molecule has 108 heavy (non-hydrogen) atoms. The predicted molar refractivity (Wildman–Crippen MR) is 441 cm³/mol. The van der Waals surface area contributed by atoms with Crippen LogP contribution in [0.4, 0.5) is 17.6 Å². The molecule has 4 aromatic heterocycles. The average Bonchev–Trinajstić information content (AvgIpc) is 1.16. The van der Waals surface area contributed by atoms with Gasteiger partial charge in [0.15, 0.2) is 56.4 Å². The van der Waals surface area contributed by atoms with Crippen LogP contribution in [0.2, 0.25) is 20.1 Å². The third-order valence-electron chi connectivity index (χ3n) is 13.9. The first kappa shape index (κ1) is 86.6. The molecule has 0 unspecified atom stereocenters. The number of halogens is 12. The monoisotopic (exact) mass is 2060 g/mol. The number of aromatic nitrogens is 8. The second kappa shape index (κ2) is 43.6. The number of aliphatic hydroxyl groups excluding tert-OH is 1. The van der Waals surface area contributed by atoms with Gasteiger partial charge in [-0.3, -0.25) is 9.59 Å². The number of hydrogen-bond donors (Lipinski definition) is 4. The minimum atomic E-state index is -1.23. The second-order valence-corrected chi connectivity index (χ2v) is 62.2. The van der Waals surface area contributed by atoms with Gasteiger partial charge in [0.05, 0.1) is 34.2 Å². The quantitative estimate of drug-likeness (QED) is 0.0263. The summed E-state index contributed by atoms with van der Waals surface area (Å²) in [6.45, 7) is 0.805. The van der Waals surface area contributed by atoms with E-state index in [2.05, 4.69) is 113 Å². The fourth-order valence-corrected chi connectivity index (χ4v) is 12.3. The van der Waals surface area contributed by atoms with Gasteiger partial charge in [-0.2, -0.15) is 17.5 Å². The summed E-state index contributed by atoms with van der Waals surface area (Å²) < 4.78 is 101. The van der Waals surface area contributed by atoms with Gasteiger partial charge >= 0.3 is 64.9 Å².